The van der Waals surface area contributed by atoms with Crippen LogP contribution in [0.2, 0.25) is 5.02 Å². The summed E-state index contributed by atoms with van der Waals surface area (Å²) >= 11 is 7.72. The van der Waals surface area contributed by atoms with Crippen LogP contribution in [0.1, 0.15) is 27.3 Å². The molecule has 39 heavy (non-hydrogen) atoms. The molecular weight excluding hydrogens is 554 g/mol. The van der Waals surface area contributed by atoms with Crippen molar-refractivity contribution in [2.75, 3.05) is 24.5 Å². The smallest absolute Gasteiger partial charge is 0.260 e. The molecule has 0 unspecified atom stereocenters. The van der Waals surface area contributed by atoms with Crippen LogP contribution in [0.25, 0.3) is 10.2 Å². The molecule has 0 fully saturated rings. The van der Waals surface area contributed by atoms with Crippen LogP contribution < -0.4 is 4.90 Å². The second-order valence-electron chi connectivity index (χ2n) is 9.05. The van der Waals surface area contributed by atoms with Crippen LogP contribution in [0.5, 0.6) is 0 Å². The number of aromatic nitrogens is 3. The first-order chi connectivity index (χ1) is 18.6. The molecule has 0 saturated carbocycles. The molecule has 2 aromatic carbocycles. The first kappa shape index (κ1) is 28.7. The third-order valence-corrected chi connectivity index (χ3v) is 9.55. The average Bonchev–Trinajstić information content (AvgIpc) is 3.48. The zero-order valence-corrected chi connectivity index (χ0v) is 24.5. The van der Waals surface area contributed by atoms with E-state index in [1.165, 1.54) is 52.1 Å². The highest BCUT2D eigenvalue weighted by Gasteiger charge is 2.25. The Balaban J connectivity index is 1.69. The Kier molecular flexibility index (Phi) is 8.70. The van der Waals surface area contributed by atoms with Crippen molar-refractivity contribution < 1.29 is 13.2 Å². The molecule has 204 valence electrons. The molecule has 4 aromatic rings. The van der Waals surface area contributed by atoms with Gasteiger partial charge in [0.25, 0.3) is 5.91 Å². The zero-order chi connectivity index (χ0) is 28.3. The van der Waals surface area contributed by atoms with Gasteiger partial charge in [-0.05, 0) is 68.8 Å². The van der Waals surface area contributed by atoms with E-state index in [2.05, 4.69) is 18.3 Å². The highest BCUT2D eigenvalue weighted by molar-refractivity contribution is 7.89. The number of fused-ring (bicyclic) bond motifs is 1. The Morgan fingerprint density at radius 1 is 1.08 bits per heavy atom. The van der Waals surface area contributed by atoms with E-state index in [4.69, 9.17) is 16.6 Å². The Bertz CT molecular complexity index is 1630. The second kappa shape index (κ2) is 11.8. The topological polar surface area (TPSA) is 88.4 Å². The zero-order valence-electron chi connectivity index (χ0n) is 22.1. The number of anilines is 1. The molecule has 0 aliphatic carbocycles. The number of carbonyl (C=O) groups is 1. The first-order valence-electron chi connectivity index (χ1n) is 12.3. The number of nitrogens with zero attached hydrogens (tertiary/aromatic N) is 5. The monoisotopic (exact) mass is 583 g/mol. The van der Waals surface area contributed by atoms with Gasteiger partial charge in [0.05, 0.1) is 27.4 Å². The Hall–Kier alpha value is -3.31. The van der Waals surface area contributed by atoms with E-state index in [0.717, 1.165) is 27.2 Å². The predicted octanol–water partition coefficient (Wildman–Crippen LogP) is 5.78. The lowest BCUT2D eigenvalue weighted by molar-refractivity contribution is 0.0985. The minimum atomic E-state index is -3.78. The highest BCUT2D eigenvalue weighted by atomic mass is 35.5. The van der Waals surface area contributed by atoms with Gasteiger partial charge in [-0.3, -0.25) is 14.4 Å². The fourth-order valence-electron chi connectivity index (χ4n) is 4.22. The summed E-state index contributed by atoms with van der Waals surface area (Å²) in [6, 6.07) is 11.7. The number of benzene rings is 2. The molecule has 0 atom stereocenters. The van der Waals surface area contributed by atoms with Crippen molar-refractivity contribution in [1.29, 1.82) is 0 Å². The van der Waals surface area contributed by atoms with Crippen LogP contribution in [0.4, 0.5) is 5.13 Å². The number of hydrogen-bond acceptors (Lipinski definition) is 6. The lowest BCUT2D eigenvalue weighted by Crippen LogP contribution is -2.34. The summed E-state index contributed by atoms with van der Waals surface area (Å²) in [7, 11) is -3.78. The lowest BCUT2D eigenvalue weighted by atomic mass is 10.2. The number of rotatable bonds is 11. The molecule has 0 saturated heterocycles. The van der Waals surface area contributed by atoms with E-state index in [0.29, 0.717) is 28.8 Å². The summed E-state index contributed by atoms with van der Waals surface area (Å²) in [5, 5.41) is 5.66. The van der Waals surface area contributed by atoms with Crippen molar-refractivity contribution in [2.45, 2.75) is 32.2 Å². The van der Waals surface area contributed by atoms with Crippen molar-refractivity contribution >= 4 is 54.2 Å². The average molecular weight is 584 g/mol. The van der Waals surface area contributed by atoms with E-state index in [1.54, 1.807) is 4.90 Å². The second-order valence-corrected chi connectivity index (χ2v) is 12.4. The molecule has 0 N–H and O–H groups in total. The van der Waals surface area contributed by atoms with Gasteiger partial charge in [-0.25, -0.2) is 13.4 Å². The molecule has 4 rings (SSSR count). The minimum Gasteiger partial charge on any atom is -0.282 e. The number of sulfonamides is 1. The van der Waals surface area contributed by atoms with Crippen LogP contribution in [-0.2, 0) is 16.6 Å². The molecule has 2 heterocycles. The maximum Gasteiger partial charge on any atom is 0.260 e. The van der Waals surface area contributed by atoms with Crippen molar-refractivity contribution in [3.8, 4) is 0 Å². The summed E-state index contributed by atoms with van der Waals surface area (Å²) in [5.41, 5.74) is 3.83. The Morgan fingerprint density at radius 3 is 2.33 bits per heavy atom. The summed E-state index contributed by atoms with van der Waals surface area (Å²) in [6.07, 6.45) is 3.04. The molecule has 8 nitrogen and oxygen atoms in total. The molecule has 0 radical (unpaired) electrons. The lowest BCUT2D eigenvalue weighted by Gasteiger charge is -2.21. The molecule has 0 aliphatic heterocycles. The van der Waals surface area contributed by atoms with Gasteiger partial charge in [-0.1, -0.05) is 35.1 Å². The van der Waals surface area contributed by atoms with Gasteiger partial charge in [-0.2, -0.15) is 9.40 Å². The van der Waals surface area contributed by atoms with Gasteiger partial charge in [0.2, 0.25) is 10.0 Å². The number of aryl methyl sites for hydroxylation is 3. The van der Waals surface area contributed by atoms with Crippen molar-refractivity contribution in [1.82, 2.24) is 19.1 Å². The van der Waals surface area contributed by atoms with Crippen LogP contribution in [0.15, 0.2) is 72.7 Å². The molecule has 11 heteroatoms. The molecular formula is C28H30ClN5O3S2. The first-order valence-corrected chi connectivity index (χ1v) is 14.9. The van der Waals surface area contributed by atoms with Crippen molar-refractivity contribution in [3.63, 3.8) is 0 Å². The van der Waals surface area contributed by atoms with E-state index >= 15 is 0 Å². The Labute approximate surface area is 237 Å². The van der Waals surface area contributed by atoms with Crippen LogP contribution >= 0.6 is 22.9 Å². The number of carbonyl (C=O) groups excluding carboxylic acids is 1. The fourth-order valence-corrected chi connectivity index (χ4v) is 6.80. The summed E-state index contributed by atoms with van der Waals surface area (Å²) in [5.74, 6) is -0.294. The summed E-state index contributed by atoms with van der Waals surface area (Å²) < 4.78 is 30.3. The van der Waals surface area contributed by atoms with Crippen LogP contribution in [0.3, 0.4) is 0 Å². The fraction of sp³-hybridized carbons (Fsp3) is 0.250. The van der Waals surface area contributed by atoms with Crippen molar-refractivity contribution in [3.05, 3.63) is 95.3 Å². The van der Waals surface area contributed by atoms with Gasteiger partial charge < -0.3 is 0 Å². The van der Waals surface area contributed by atoms with Gasteiger partial charge in [0.15, 0.2) is 5.13 Å². The SMILES string of the molecule is C=CCN(CC=C)S(=O)(=O)c1ccc(C(=O)N(CCn2nc(C)cc2C)c2nc3c(C)c(Cl)ccc3s2)cc1. The molecule has 2 aromatic heterocycles. The summed E-state index contributed by atoms with van der Waals surface area (Å²) in [4.78, 5) is 20.3. The van der Waals surface area contributed by atoms with E-state index in [9.17, 15) is 13.2 Å². The van der Waals surface area contributed by atoms with E-state index < -0.39 is 10.0 Å². The van der Waals surface area contributed by atoms with Gasteiger partial charge in [0, 0.05) is 35.9 Å². The molecule has 0 aliphatic rings. The normalized spacial score (nSPS) is 11.7. The maximum atomic E-state index is 13.8. The summed E-state index contributed by atoms with van der Waals surface area (Å²) in [6.45, 7) is 14.2. The van der Waals surface area contributed by atoms with E-state index in [1.807, 2.05) is 43.7 Å². The van der Waals surface area contributed by atoms with Gasteiger partial charge in [-0.15, -0.1) is 13.2 Å². The van der Waals surface area contributed by atoms with Crippen LogP contribution in [-0.4, -0.2) is 53.0 Å². The third-order valence-electron chi connectivity index (χ3n) is 6.26. The molecule has 1 amide bonds. The largest absolute Gasteiger partial charge is 0.282 e. The van der Waals surface area contributed by atoms with Crippen LogP contribution in [0, 0.1) is 20.8 Å². The van der Waals surface area contributed by atoms with E-state index in [-0.39, 0.29) is 23.9 Å². The number of halogens is 1. The molecule has 0 bridgehead atoms. The number of hydrogen-bond donors (Lipinski definition) is 0. The predicted molar refractivity (Wildman–Crippen MR) is 158 cm³/mol. The van der Waals surface area contributed by atoms with Crippen molar-refractivity contribution in [2.24, 2.45) is 0 Å². The molecule has 0 spiro atoms. The third kappa shape index (κ3) is 5.99. The number of amides is 1. The Morgan fingerprint density at radius 2 is 1.74 bits per heavy atom. The van der Waals surface area contributed by atoms with Gasteiger partial charge in [0.1, 0.15) is 0 Å². The van der Waals surface area contributed by atoms with Gasteiger partial charge >= 0.3 is 0 Å². The quantitative estimate of drug-likeness (QED) is 0.209. The number of thiazole rings is 1. The maximum absolute atomic E-state index is 13.8. The highest BCUT2D eigenvalue weighted by Crippen LogP contribution is 2.34. The standard InChI is InChI=1S/C28H30ClN5O3S2/c1-6-14-32(15-7-2)39(36,37)23-10-8-22(9-11-23)27(35)33(16-17-34-20(4)18-19(3)31-34)28-30-26-21(5)24(29)12-13-25(26)38-28/h6-13,18H,1-2,14-17H2,3-5H3. The minimum absolute atomic E-state index is 0.0854.